The van der Waals surface area contributed by atoms with Crippen LogP contribution in [0.1, 0.15) is 18.4 Å². The van der Waals surface area contributed by atoms with E-state index < -0.39 is 0 Å². The Morgan fingerprint density at radius 3 is 2.70 bits per heavy atom. The van der Waals surface area contributed by atoms with Crippen LogP contribution in [0, 0.1) is 5.92 Å². The summed E-state index contributed by atoms with van der Waals surface area (Å²) in [6, 6.07) is 14.6. The predicted molar refractivity (Wildman–Crippen MR) is 107 cm³/mol. The van der Waals surface area contributed by atoms with E-state index >= 15 is 0 Å². The molecule has 0 bridgehead atoms. The Morgan fingerprint density at radius 1 is 1.11 bits per heavy atom. The lowest BCUT2D eigenvalue weighted by molar-refractivity contribution is -0.135. The van der Waals surface area contributed by atoms with Gasteiger partial charge in [0.05, 0.1) is 12.3 Å². The second-order valence-corrected chi connectivity index (χ2v) is 7.40. The highest BCUT2D eigenvalue weighted by atomic mass is 16.2. The van der Waals surface area contributed by atoms with Crippen LogP contribution in [0.5, 0.6) is 0 Å². The number of rotatable bonds is 3. The van der Waals surface area contributed by atoms with Gasteiger partial charge in [-0.3, -0.25) is 9.59 Å². The van der Waals surface area contributed by atoms with Crippen molar-refractivity contribution in [2.24, 2.45) is 13.0 Å². The summed E-state index contributed by atoms with van der Waals surface area (Å²) in [5, 5.41) is 5.10. The Kier molecular flexibility index (Phi) is 4.60. The fourth-order valence-corrected chi connectivity index (χ4v) is 4.23. The number of amides is 2. The summed E-state index contributed by atoms with van der Waals surface area (Å²) in [6.45, 7) is 1.26. The SMILES string of the molecule is CNC(=O)C1CCCN(C(=O)Cc2ccc3c(c2)c2ccccc2n3C)C1. The Morgan fingerprint density at radius 2 is 1.89 bits per heavy atom. The molecule has 1 atom stereocenters. The summed E-state index contributed by atoms with van der Waals surface area (Å²) in [6.07, 6.45) is 2.11. The molecule has 5 heteroatoms. The van der Waals surface area contributed by atoms with Gasteiger partial charge in [-0.2, -0.15) is 0 Å². The molecule has 0 aliphatic carbocycles. The molecule has 1 aliphatic heterocycles. The minimum atomic E-state index is -0.0896. The fraction of sp³-hybridized carbons (Fsp3) is 0.364. The zero-order chi connectivity index (χ0) is 19.0. The number of benzene rings is 2. The number of nitrogens with one attached hydrogen (secondary N) is 1. The van der Waals surface area contributed by atoms with Crippen molar-refractivity contribution in [3.05, 3.63) is 48.0 Å². The van der Waals surface area contributed by atoms with Gasteiger partial charge in [0.15, 0.2) is 0 Å². The van der Waals surface area contributed by atoms with Crippen LogP contribution < -0.4 is 5.32 Å². The van der Waals surface area contributed by atoms with E-state index in [1.165, 1.54) is 21.8 Å². The molecule has 2 aromatic carbocycles. The largest absolute Gasteiger partial charge is 0.359 e. The lowest BCUT2D eigenvalue weighted by Gasteiger charge is -2.32. The summed E-state index contributed by atoms with van der Waals surface area (Å²) in [5.74, 6) is 0.0427. The maximum absolute atomic E-state index is 12.8. The van der Waals surface area contributed by atoms with Crippen LogP contribution in [0.2, 0.25) is 0 Å². The molecule has 5 nitrogen and oxygen atoms in total. The van der Waals surface area contributed by atoms with Gasteiger partial charge in [0.2, 0.25) is 11.8 Å². The van der Waals surface area contributed by atoms with Crippen LogP contribution in [0.25, 0.3) is 21.8 Å². The zero-order valence-corrected chi connectivity index (χ0v) is 15.9. The second kappa shape index (κ2) is 7.06. The monoisotopic (exact) mass is 363 g/mol. The normalized spacial score (nSPS) is 17.4. The van der Waals surface area contributed by atoms with E-state index in [-0.39, 0.29) is 17.7 Å². The van der Waals surface area contributed by atoms with Crippen LogP contribution in [0.3, 0.4) is 0 Å². The number of hydrogen-bond acceptors (Lipinski definition) is 2. The van der Waals surface area contributed by atoms with Crippen LogP contribution >= 0.6 is 0 Å². The molecule has 0 saturated carbocycles. The molecule has 1 fully saturated rings. The molecule has 3 aromatic rings. The van der Waals surface area contributed by atoms with Crippen molar-refractivity contribution in [3.63, 3.8) is 0 Å². The van der Waals surface area contributed by atoms with E-state index in [0.29, 0.717) is 13.0 Å². The number of carbonyl (C=O) groups excluding carboxylic acids is 2. The van der Waals surface area contributed by atoms with Gasteiger partial charge in [0.25, 0.3) is 0 Å². The summed E-state index contributed by atoms with van der Waals surface area (Å²) in [4.78, 5) is 26.6. The number of aryl methyl sites for hydroxylation is 1. The first-order valence-electron chi connectivity index (χ1n) is 9.54. The van der Waals surface area contributed by atoms with E-state index in [4.69, 9.17) is 0 Å². The average molecular weight is 363 g/mol. The standard InChI is InChI=1S/C22H25N3O2/c1-23-22(27)16-6-5-11-25(14-16)21(26)13-15-9-10-20-18(12-15)17-7-3-4-8-19(17)24(20)2/h3-4,7-10,12,16H,5-6,11,13-14H2,1-2H3,(H,23,27). The highest BCUT2D eigenvalue weighted by Crippen LogP contribution is 2.29. The lowest BCUT2D eigenvalue weighted by atomic mass is 9.96. The average Bonchev–Trinajstić information content (AvgIpc) is 2.99. The number of para-hydroxylation sites is 1. The van der Waals surface area contributed by atoms with E-state index in [2.05, 4.69) is 41.2 Å². The molecule has 1 N–H and O–H groups in total. The topological polar surface area (TPSA) is 54.3 Å². The highest BCUT2D eigenvalue weighted by Gasteiger charge is 2.27. The molecule has 4 rings (SSSR count). The molecule has 1 saturated heterocycles. The van der Waals surface area contributed by atoms with Crippen molar-refractivity contribution in [2.75, 3.05) is 20.1 Å². The Labute approximate surface area is 158 Å². The van der Waals surface area contributed by atoms with E-state index in [9.17, 15) is 9.59 Å². The van der Waals surface area contributed by atoms with Gasteiger partial charge in [0, 0.05) is 49.0 Å². The number of nitrogens with zero attached hydrogens (tertiary/aromatic N) is 2. The quantitative estimate of drug-likeness (QED) is 0.778. The van der Waals surface area contributed by atoms with Crippen molar-refractivity contribution in [2.45, 2.75) is 19.3 Å². The van der Waals surface area contributed by atoms with Gasteiger partial charge >= 0.3 is 0 Å². The minimum Gasteiger partial charge on any atom is -0.359 e. The summed E-state index contributed by atoms with van der Waals surface area (Å²) < 4.78 is 2.19. The van der Waals surface area contributed by atoms with Crippen molar-refractivity contribution in [1.29, 1.82) is 0 Å². The van der Waals surface area contributed by atoms with Gasteiger partial charge in [-0.15, -0.1) is 0 Å². The van der Waals surface area contributed by atoms with Crippen LogP contribution in [0.15, 0.2) is 42.5 Å². The van der Waals surface area contributed by atoms with Crippen LogP contribution in [-0.2, 0) is 23.1 Å². The summed E-state index contributed by atoms with van der Waals surface area (Å²) >= 11 is 0. The van der Waals surface area contributed by atoms with Gasteiger partial charge < -0.3 is 14.8 Å². The second-order valence-electron chi connectivity index (χ2n) is 7.40. The fourth-order valence-electron chi connectivity index (χ4n) is 4.23. The maximum atomic E-state index is 12.8. The third kappa shape index (κ3) is 3.18. The molecular formula is C22H25N3O2. The predicted octanol–water partition coefficient (Wildman–Crippen LogP) is 2.86. The number of carbonyl (C=O) groups is 2. The van der Waals surface area contributed by atoms with E-state index in [1.807, 2.05) is 23.1 Å². The molecule has 0 radical (unpaired) electrons. The Bertz CT molecular complexity index is 1020. The van der Waals surface area contributed by atoms with Gasteiger partial charge in [0.1, 0.15) is 0 Å². The molecule has 27 heavy (non-hydrogen) atoms. The van der Waals surface area contributed by atoms with E-state index in [0.717, 1.165) is 24.9 Å². The number of likely N-dealkylation sites (tertiary alicyclic amines) is 1. The number of piperidine rings is 1. The van der Waals surface area contributed by atoms with Gasteiger partial charge in [-0.1, -0.05) is 24.3 Å². The van der Waals surface area contributed by atoms with Gasteiger partial charge in [-0.05, 0) is 36.6 Å². The molecule has 1 aromatic heterocycles. The molecule has 140 valence electrons. The summed E-state index contributed by atoms with van der Waals surface area (Å²) in [5.41, 5.74) is 3.39. The molecular weight excluding hydrogens is 338 g/mol. The van der Waals surface area contributed by atoms with Crippen LogP contribution in [-0.4, -0.2) is 41.4 Å². The third-order valence-electron chi connectivity index (χ3n) is 5.72. The zero-order valence-electron chi connectivity index (χ0n) is 15.9. The molecule has 2 heterocycles. The Balaban J connectivity index is 1.57. The lowest BCUT2D eigenvalue weighted by Crippen LogP contribution is -2.45. The minimum absolute atomic E-state index is 0.0321. The molecule has 2 amide bonds. The molecule has 1 aliphatic rings. The van der Waals surface area contributed by atoms with Crippen molar-refractivity contribution >= 4 is 33.6 Å². The maximum Gasteiger partial charge on any atom is 0.227 e. The highest BCUT2D eigenvalue weighted by molar-refractivity contribution is 6.08. The van der Waals surface area contributed by atoms with Crippen molar-refractivity contribution < 1.29 is 9.59 Å². The third-order valence-corrected chi connectivity index (χ3v) is 5.72. The number of fused-ring (bicyclic) bond motifs is 3. The first-order valence-corrected chi connectivity index (χ1v) is 9.54. The Hall–Kier alpha value is -2.82. The number of aromatic nitrogens is 1. The molecule has 0 spiro atoms. The number of hydrogen-bond donors (Lipinski definition) is 1. The molecule has 1 unspecified atom stereocenters. The van der Waals surface area contributed by atoms with Crippen molar-refractivity contribution in [1.82, 2.24) is 14.8 Å². The van der Waals surface area contributed by atoms with Gasteiger partial charge in [-0.25, -0.2) is 0 Å². The van der Waals surface area contributed by atoms with Crippen LogP contribution in [0.4, 0.5) is 0 Å². The first-order chi connectivity index (χ1) is 13.1. The van der Waals surface area contributed by atoms with E-state index in [1.54, 1.807) is 7.05 Å². The first kappa shape index (κ1) is 17.6. The summed E-state index contributed by atoms with van der Waals surface area (Å²) in [7, 11) is 3.73. The van der Waals surface area contributed by atoms with Crippen molar-refractivity contribution in [3.8, 4) is 0 Å². The smallest absolute Gasteiger partial charge is 0.227 e.